The van der Waals surface area contributed by atoms with Crippen molar-refractivity contribution in [1.29, 1.82) is 0 Å². The second-order valence-corrected chi connectivity index (χ2v) is 5.12. The number of methoxy groups -OCH3 is 2. The number of carbonyl (C=O) groups excluding carboxylic acids is 1. The minimum Gasteiger partial charge on any atom is -0.497 e. The minimum atomic E-state index is -1.04. The third kappa shape index (κ3) is 4.95. The van der Waals surface area contributed by atoms with Crippen LogP contribution >= 0.6 is 0 Å². The second-order valence-electron chi connectivity index (χ2n) is 5.12. The molecule has 1 rings (SSSR count). The molecule has 0 aromatic heterocycles. The summed E-state index contributed by atoms with van der Waals surface area (Å²) in [7, 11) is 3.08. The Bertz CT molecular complexity index is 507. The van der Waals surface area contributed by atoms with Gasteiger partial charge in [-0.1, -0.05) is 13.8 Å². The maximum atomic E-state index is 12.3. The number of carbonyl (C=O) groups is 2. The normalized spacial score (nSPS) is 11.6. The Hall–Kier alpha value is -2.24. The van der Waals surface area contributed by atoms with Crippen LogP contribution in [0.3, 0.4) is 0 Å². The van der Waals surface area contributed by atoms with Crippen molar-refractivity contribution in [3.63, 3.8) is 0 Å². The molecule has 0 bridgehead atoms. The van der Waals surface area contributed by atoms with E-state index in [4.69, 9.17) is 14.6 Å². The molecule has 0 radical (unpaired) electrons. The fourth-order valence-corrected chi connectivity index (χ4v) is 2.04. The third-order valence-electron chi connectivity index (χ3n) is 3.46. The van der Waals surface area contributed by atoms with Crippen LogP contribution in [-0.4, -0.2) is 42.6 Å². The molecule has 0 aliphatic carbocycles. The molecule has 1 N–H and O–H groups in total. The standard InChI is InChI=1S/C16H23NO5/c1-5-11(2)16(20)17(10-15(18)19)9-12-6-13(21-3)8-14(7-12)22-4/h6-8,11H,5,9-10H2,1-4H3,(H,18,19). The number of amides is 1. The van der Waals surface area contributed by atoms with E-state index in [0.717, 1.165) is 5.56 Å². The fraction of sp³-hybridized carbons (Fsp3) is 0.500. The topological polar surface area (TPSA) is 76.1 Å². The zero-order chi connectivity index (χ0) is 16.7. The van der Waals surface area contributed by atoms with Crippen LogP contribution in [0.5, 0.6) is 11.5 Å². The lowest BCUT2D eigenvalue weighted by Gasteiger charge is -2.24. The van der Waals surface area contributed by atoms with Gasteiger partial charge in [0, 0.05) is 18.5 Å². The Morgan fingerprint density at radius 3 is 2.14 bits per heavy atom. The molecule has 0 aliphatic rings. The van der Waals surface area contributed by atoms with Crippen LogP contribution in [0.25, 0.3) is 0 Å². The molecule has 122 valence electrons. The Balaban J connectivity index is 3.02. The largest absolute Gasteiger partial charge is 0.497 e. The summed E-state index contributed by atoms with van der Waals surface area (Å²) >= 11 is 0. The summed E-state index contributed by atoms with van der Waals surface area (Å²) < 4.78 is 10.4. The lowest BCUT2D eigenvalue weighted by atomic mass is 10.1. The van der Waals surface area contributed by atoms with Gasteiger partial charge in [-0.2, -0.15) is 0 Å². The molecule has 0 spiro atoms. The van der Waals surface area contributed by atoms with E-state index in [1.165, 1.54) is 19.1 Å². The highest BCUT2D eigenvalue weighted by molar-refractivity contribution is 5.82. The summed E-state index contributed by atoms with van der Waals surface area (Å²) in [6, 6.07) is 5.25. The van der Waals surface area contributed by atoms with Crippen molar-refractivity contribution >= 4 is 11.9 Å². The Morgan fingerprint density at radius 2 is 1.73 bits per heavy atom. The van der Waals surface area contributed by atoms with Crippen LogP contribution in [0.1, 0.15) is 25.8 Å². The van der Waals surface area contributed by atoms with Crippen LogP contribution in [0.4, 0.5) is 0 Å². The highest BCUT2D eigenvalue weighted by Gasteiger charge is 2.22. The number of hydrogen-bond acceptors (Lipinski definition) is 4. The summed E-state index contributed by atoms with van der Waals surface area (Å²) in [5.74, 6) is -0.230. The van der Waals surface area contributed by atoms with Crippen LogP contribution in [0.2, 0.25) is 0 Å². The first-order valence-electron chi connectivity index (χ1n) is 7.13. The van der Waals surface area contributed by atoms with Crippen LogP contribution in [0, 0.1) is 5.92 Å². The van der Waals surface area contributed by atoms with Gasteiger partial charge in [0.2, 0.25) is 5.91 Å². The molecule has 1 unspecified atom stereocenters. The van der Waals surface area contributed by atoms with Crippen LogP contribution in [-0.2, 0) is 16.1 Å². The van der Waals surface area contributed by atoms with E-state index in [0.29, 0.717) is 17.9 Å². The number of benzene rings is 1. The molecule has 0 saturated carbocycles. The molecule has 0 heterocycles. The highest BCUT2D eigenvalue weighted by atomic mass is 16.5. The van der Waals surface area contributed by atoms with Gasteiger partial charge in [0.05, 0.1) is 14.2 Å². The van der Waals surface area contributed by atoms with Crippen molar-refractivity contribution in [2.24, 2.45) is 5.92 Å². The molecule has 0 fully saturated rings. The molecule has 6 nitrogen and oxygen atoms in total. The first-order valence-corrected chi connectivity index (χ1v) is 7.13. The summed E-state index contributed by atoms with van der Waals surface area (Å²) in [5, 5.41) is 9.02. The predicted molar refractivity (Wildman–Crippen MR) is 82.1 cm³/mol. The second kappa shape index (κ2) is 8.26. The number of carboxylic acid groups (broad SMARTS) is 1. The number of hydrogen-bond donors (Lipinski definition) is 1. The molecule has 0 saturated heterocycles. The van der Waals surface area contributed by atoms with E-state index < -0.39 is 5.97 Å². The molecule has 1 aromatic rings. The fourth-order valence-electron chi connectivity index (χ4n) is 2.04. The SMILES string of the molecule is CCC(C)C(=O)N(CC(=O)O)Cc1cc(OC)cc(OC)c1. The maximum Gasteiger partial charge on any atom is 0.323 e. The summed E-state index contributed by atoms with van der Waals surface area (Å²) in [6.45, 7) is 3.56. The Labute approximate surface area is 130 Å². The minimum absolute atomic E-state index is 0.174. The van der Waals surface area contributed by atoms with Gasteiger partial charge in [-0.3, -0.25) is 9.59 Å². The third-order valence-corrected chi connectivity index (χ3v) is 3.46. The molecular formula is C16H23NO5. The van der Waals surface area contributed by atoms with Crippen molar-refractivity contribution in [1.82, 2.24) is 4.90 Å². The van der Waals surface area contributed by atoms with Gasteiger partial charge in [0.15, 0.2) is 0 Å². The van der Waals surface area contributed by atoms with Crippen molar-refractivity contribution < 1.29 is 24.2 Å². The molecule has 22 heavy (non-hydrogen) atoms. The van der Waals surface area contributed by atoms with Gasteiger partial charge in [-0.25, -0.2) is 0 Å². The van der Waals surface area contributed by atoms with Crippen LogP contribution in [0.15, 0.2) is 18.2 Å². The summed E-state index contributed by atoms with van der Waals surface area (Å²) in [6.07, 6.45) is 0.663. The quantitative estimate of drug-likeness (QED) is 0.796. The average molecular weight is 309 g/mol. The number of ether oxygens (including phenoxy) is 2. The molecule has 1 atom stereocenters. The smallest absolute Gasteiger partial charge is 0.323 e. The molecule has 1 amide bonds. The van der Waals surface area contributed by atoms with Gasteiger partial charge >= 0.3 is 5.97 Å². The van der Waals surface area contributed by atoms with Gasteiger partial charge < -0.3 is 19.5 Å². The zero-order valence-electron chi connectivity index (χ0n) is 13.5. The summed E-state index contributed by atoms with van der Waals surface area (Å²) in [5.41, 5.74) is 0.758. The van der Waals surface area contributed by atoms with Crippen molar-refractivity contribution in [2.45, 2.75) is 26.8 Å². The number of nitrogens with zero attached hydrogens (tertiary/aromatic N) is 1. The molecule has 0 aliphatic heterocycles. The Kier molecular flexibility index (Phi) is 6.69. The average Bonchev–Trinajstić information content (AvgIpc) is 2.51. The number of carboxylic acids is 1. The van der Waals surface area contributed by atoms with Gasteiger partial charge in [-0.05, 0) is 24.1 Å². The predicted octanol–water partition coefficient (Wildman–Crippen LogP) is 2.16. The highest BCUT2D eigenvalue weighted by Crippen LogP contribution is 2.24. The monoisotopic (exact) mass is 309 g/mol. The molecule has 1 aromatic carbocycles. The maximum absolute atomic E-state index is 12.3. The van der Waals surface area contributed by atoms with Crippen molar-refractivity contribution in [2.75, 3.05) is 20.8 Å². The molecular weight excluding hydrogens is 286 g/mol. The van der Waals surface area contributed by atoms with E-state index in [-0.39, 0.29) is 24.9 Å². The van der Waals surface area contributed by atoms with E-state index in [9.17, 15) is 9.59 Å². The van der Waals surface area contributed by atoms with Crippen molar-refractivity contribution in [3.05, 3.63) is 23.8 Å². The zero-order valence-corrected chi connectivity index (χ0v) is 13.5. The summed E-state index contributed by atoms with van der Waals surface area (Å²) in [4.78, 5) is 24.7. The van der Waals surface area contributed by atoms with Gasteiger partial charge in [-0.15, -0.1) is 0 Å². The molecule has 6 heteroatoms. The van der Waals surface area contributed by atoms with E-state index >= 15 is 0 Å². The van der Waals surface area contributed by atoms with E-state index in [1.807, 2.05) is 6.92 Å². The van der Waals surface area contributed by atoms with Crippen LogP contribution < -0.4 is 9.47 Å². The lowest BCUT2D eigenvalue weighted by molar-refractivity contribution is -0.146. The number of aliphatic carboxylic acids is 1. The first kappa shape index (κ1) is 17.8. The lowest BCUT2D eigenvalue weighted by Crippen LogP contribution is -2.38. The van der Waals surface area contributed by atoms with Crippen molar-refractivity contribution in [3.8, 4) is 11.5 Å². The first-order chi connectivity index (χ1) is 10.4. The van der Waals surface area contributed by atoms with Gasteiger partial charge in [0.1, 0.15) is 18.0 Å². The number of rotatable bonds is 8. The van der Waals surface area contributed by atoms with E-state index in [2.05, 4.69) is 0 Å². The Morgan fingerprint density at radius 1 is 1.18 bits per heavy atom. The van der Waals surface area contributed by atoms with E-state index in [1.54, 1.807) is 25.1 Å². The van der Waals surface area contributed by atoms with Gasteiger partial charge in [0.25, 0.3) is 0 Å².